The molecule has 1 nitrogen and oxygen atoms in total. The largest absolute Gasteiger partial charge is 0.294 e. The number of hydrogen-bond donors (Lipinski definition) is 0. The van der Waals surface area contributed by atoms with Crippen molar-refractivity contribution in [3.63, 3.8) is 0 Å². The summed E-state index contributed by atoms with van der Waals surface area (Å²) >= 11 is 1.78. The Morgan fingerprint density at radius 2 is 2.46 bits per heavy atom. The molecule has 2 heterocycles. The topological polar surface area (TPSA) is 3.24 Å². The van der Waals surface area contributed by atoms with Gasteiger partial charge in [0.25, 0.3) is 0 Å². The maximum atomic E-state index is 12.6. The normalized spacial score (nSPS) is 21.4. The highest BCUT2D eigenvalue weighted by molar-refractivity contribution is 7.09. The lowest BCUT2D eigenvalue weighted by atomic mass is 10.1. The van der Waals surface area contributed by atoms with Crippen LogP contribution in [-0.4, -0.2) is 30.2 Å². The third-order valence-electron chi connectivity index (χ3n) is 2.57. The number of nitrogens with zero attached hydrogens (tertiary/aromatic N) is 1. The lowest BCUT2D eigenvalue weighted by molar-refractivity contribution is 0.0340. The van der Waals surface area contributed by atoms with Gasteiger partial charge in [-0.15, -0.1) is 11.3 Å². The first kappa shape index (κ1) is 9.16. The average Bonchev–Trinajstić information content (AvgIpc) is 2.51. The summed E-state index contributed by atoms with van der Waals surface area (Å²) in [6, 6.07) is 4.71. The minimum atomic E-state index is -0.578. The van der Waals surface area contributed by atoms with Gasteiger partial charge in [0.2, 0.25) is 0 Å². The summed E-state index contributed by atoms with van der Waals surface area (Å²) in [5, 5.41) is 2.09. The molecule has 0 aliphatic carbocycles. The van der Waals surface area contributed by atoms with E-state index in [9.17, 15) is 4.39 Å². The highest BCUT2D eigenvalue weighted by atomic mass is 32.1. The van der Waals surface area contributed by atoms with Crippen molar-refractivity contribution < 1.29 is 4.39 Å². The van der Waals surface area contributed by atoms with Crippen molar-refractivity contribution in [2.75, 3.05) is 13.1 Å². The molecule has 1 atom stereocenters. The van der Waals surface area contributed by atoms with E-state index < -0.39 is 6.17 Å². The van der Waals surface area contributed by atoms with E-state index in [1.54, 1.807) is 11.3 Å². The molecule has 2 rings (SSSR count). The van der Waals surface area contributed by atoms with Gasteiger partial charge < -0.3 is 0 Å². The molecule has 0 aromatic carbocycles. The Balaban J connectivity index is 1.82. The third-order valence-corrected chi connectivity index (χ3v) is 3.46. The fourth-order valence-corrected chi connectivity index (χ4v) is 2.49. The minimum Gasteiger partial charge on any atom is -0.294 e. The van der Waals surface area contributed by atoms with Gasteiger partial charge in [0.15, 0.2) is 0 Å². The third kappa shape index (κ3) is 2.09. The number of hydrogen-bond acceptors (Lipinski definition) is 2. The number of alkyl halides is 1. The van der Waals surface area contributed by atoms with E-state index in [0.717, 1.165) is 6.42 Å². The van der Waals surface area contributed by atoms with Crippen LogP contribution < -0.4 is 0 Å². The number of halogens is 1. The lowest BCUT2D eigenvalue weighted by Gasteiger charge is -2.39. The van der Waals surface area contributed by atoms with E-state index in [2.05, 4.69) is 29.3 Å². The van der Waals surface area contributed by atoms with Crippen molar-refractivity contribution in [2.45, 2.75) is 25.6 Å². The maximum absolute atomic E-state index is 12.6. The van der Waals surface area contributed by atoms with E-state index in [4.69, 9.17) is 0 Å². The highest BCUT2D eigenvalue weighted by Crippen LogP contribution is 2.19. The second-order valence-electron chi connectivity index (χ2n) is 3.68. The predicted octanol–water partition coefficient (Wildman–Crippen LogP) is 2.33. The van der Waals surface area contributed by atoms with E-state index in [1.807, 2.05) is 0 Å². The predicted molar refractivity (Wildman–Crippen MR) is 54.0 cm³/mol. The summed E-state index contributed by atoms with van der Waals surface area (Å²) in [4.78, 5) is 3.60. The smallest absolute Gasteiger partial charge is 0.125 e. The van der Waals surface area contributed by atoms with Crippen LogP contribution in [0, 0.1) is 0 Å². The van der Waals surface area contributed by atoms with Gasteiger partial charge in [0.1, 0.15) is 6.17 Å². The number of thiophene rings is 1. The van der Waals surface area contributed by atoms with Gasteiger partial charge in [-0.2, -0.15) is 0 Å². The van der Waals surface area contributed by atoms with Crippen molar-refractivity contribution in [3.8, 4) is 0 Å². The van der Waals surface area contributed by atoms with Crippen LogP contribution in [0.25, 0.3) is 0 Å². The van der Waals surface area contributed by atoms with Gasteiger partial charge in [-0.1, -0.05) is 6.07 Å². The fraction of sp³-hybridized carbons (Fsp3) is 0.600. The summed E-state index contributed by atoms with van der Waals surface area (Å²) < 4.78 is 12.6. The standard InChI is InChI=1S/C10H14FNS/c1-8(12-6-9(11)7-12)5-10-3-2-4-13-10/h2-4,8-9H,5-7H2,1H3. The summed E-state index contributed by atoms with van der Waals surface area (Å²) in [6.45, 7) is 3.44. The Bertz CT molecular complexity index is 254. The molecule has 0 amide bonds. The zero-order chi connectivity index (χ0) is 9.26. The molecule has 0 spiro atoms. The van der Waals surface area contributed by atoms with Gasteiger partial charge in [0, 0.05) is 24.0 Å². The molecule has 72 valence electrons. The van der Waals surface area contributed by atoms with Crippen LogP contribution in [0.5, 0.6) is 0 Å². The van der Waals surface area contributed by atoms with Crippen molar-refractivity contribution in [3.05, 3.63) is 22.4 Å². The second-order valence-corrected chi connectivity index (χ2v) is 4.72. The van der Waals surface area contributed by atoms with Crippen LogP contribution in [0.4, 0.5) is 4.39 Å². The number of likely N-dealkylation sites (tertiary alicyclic amines) is 1. The van der Waals surface area contributed by atoms with Crippen LogP contribution in [0.3, 0.4) is 0 Å². The van der Waals surface area contributed by atoms with Crippen LogP contribution >= 0.6 is 11.3 Å². The summed E-state index contributed by atoms with van der Waals surface area (Å²) in [6.07, 6.45) is 0.482. The Hall–Kier alpha value is -0.410. The van der Waals surface area contributed by atoms with Crippen molar-refractivity contribution >= 4 is 11.3 Å². The molecule has 0 saturated carbocycles. The highest BCUT2D eigenvalue weighted by Gasteiger charge is 2.29. The zero-order valence-corrected chi connectivity index (χ0v) is 8.56. The van der Waals surface area contributed by atoms with E-state index in [0.29, 0.717) is 19.1 Å². The summed E-state index contributed by atoms with van der Waals surface area (Å²) in [7, 11) is 0. The average molecular weight is 199 g/mol. The van der Waals surface area contributed by atoms with Crippen molar-refractivity contribution in [2.24, 2.45) is 0 Å². The van der Waals surface area contributed by atoms with Crippen molar-refractivity contribution in [1.82, 2.24) is 4.90 Å². The van der Waals surface area contributed by atoms with Gasteiger partial charge in [0.05, 0.1) is 0 Å². The SMILES string of the molecule is CC(Cc1cccs1)N1CC(F)C1. The quantitative estimate of drug-likeness (QED) is 0.722. The minimum absolute atomic E-state index is 0.491. The first-order valence-corrected chi connectivity index (χ1v) is 5.54. The molecule has 3 heteroatoms. The summed E-state index contributed by atoms with van der Waals surface area (Å²) in [5.74, 6) is 0. The molecule has 13 heavy (non-hydrogen) atoms. The molecular formula is C10H14FNS. The maximum Gasteiger partial charge on any atom is 0.125 e. The Labute approximate surface area is 82.2 Å². The molecule has 0 bridgehead atoms. The molecule has 1 aliphatic rings. The van der Waals surface area contributed by atoms with Crippen LogP contribution in [0.1, 0.15) is 11.8 Å². The second kappa shape index (κ2) is 3.76. The fourth-order valence-electron chi connectivity index (χ4n) is 1.66. The van der Waals surface area contributed by atoms with E-state index in [1.165, 1.54) is 4.88 Å². The molecule has 1 aromatic rings. The van der Waals surface area contributed by atoms with Gasteiger partial charge in [-0.05, 0) is 24.8 Å². The molecule has 1 fully saturated rings. The molecule has 1 unspecified atom stereocenters. The zero-order valence-electron chi connectivity index (χ0n) is 7.74. The Morgan fingerprint density at radius 3 is 3.00 bits per heavy atom. The molecule has 0 N–H and O–H groups in total. The van der Waals surface area contributed by atoms with Gasteiger partial charge in [-0.3, -0.25) is 4.90 Å². The Morgan fingerprint density at radius 1 is 1.69 bits per heavy atom. The summed E-state index contributed by atoms with van der Waals surface area (Å²) in [5.41, 5.74) is 0. The molecular weight excluding hydrogens is 185 g/mol. The van der Waals surface area contributed by atoms with E-state index >= 15 is 0 Å². The van der Waals surface area contributed by atoms with Crippen LogP contribution in [0.2, 0.25) is 0 Å². The first-order valence-electron chi connectivity index (χ1n) is 4.66. The molecule has 1 aliphatic heterocycles. The first-order chi connectivity index (χ1) is 6.25. The number of rotatable bonds is 3. The van der Waals surface area contributed by atoms with Crippen molar-refractivity contribution in [1.29, 1.82) is 0 Å². The van der Waals surface area contributed by atoms with Gasteiger partial charge in [-0.25, -0.2) is 4.39 Å². The van der Waals surface area contributed by atoms with Crippen LogP contribution in [0.15, 0.2) is 17.5 Å². The molecule has 0 radical (unpaired) electrons. The molecule has 1 saturated heterocycles. The van der Waals surface area contributed by atoms with Crippen LogP contribution in [-0.2, 0) is 6.42 Å². The molecule has 1 aromatic heterocycles. The lowest BCUT2D eigenvalue weighted by Crippen LogP contribution is -2.53. The van der Waals surface area contributed by atoms with Gasteiger partial charge >= 0.3 is 0 Å². The Kier molecular flexibility index (Phi) is 2.65. The van der Waals surface area contributed by atoms with E-state index in [-0.39, 0.29) is 0 Å². The monoisotopic (exact) mass is 199 g/mol.